The Bertz CT molecular complexity index is 1590. The normalized spacial score (nSPS) is 14.2. The number of nitrogens with one attached hydrogen (secondary N) is 1. The lowest BCUT2D eigenvalue weighted by molar-refractivity contribution is -0.123. The number of carbonyl (C=O) groups excluding carboxylic acids is 3. The zero-order valence-electron chi connectivity index (χ0n) is 21.5. The highest BCUT2D eigenvalue weighted by Crippen LogP contribution is 2.36. The van der Waals surface area contributed by atoms with Crippen molar-refractivity contribution in [3.63, 3.8) is 0 Å². The van der Waals surface area contributed by atoms with E-state index in [-0.39, 0.29) is 30.2 Å². The first-order valence-electron chi connectivity index (χ1n) is 12.3. The molecule has 1 saturated heterocycles. The Morgan fingerprint density at radius 3 is 2.51 bits per heavy atom. The van der Waals surface area contributed by atoms with E-state index in [9.17, 15) is 14.4 Å². The molecule has 3 amide bonds. The summed E-state index contributed by atoms with van der Waals surface area (Å²) in [5, 5.41) is 4.54. The highest BCUT2D eigenvalue weighted by atomic mass is 32.2. The summed E-state index contributed by atoms with van der Waals surface area (Å²) < 4.78 is 11.1. The van der Waals surface area contributed by atoms with Crippen molar-refractivity contribution < 1.29 is 23.9 Å². The van der Waals surface area contributed by atoms with Crippen molar-refractivity contribution in [2.45, 2.75) is 13.5 Å². The topological polar surface area (TPSA) is 84.9 Å². The van der Waals surface area contributed by atoms with Crippen molar-refractivity contribution in [3.8, 4) is 11.5 Å². The van der Waals surface area contributed by atoms with Gasteiger partial charge in [-0.1, -0.05) is 66.2 Å². The van der Waals surface area contributed by atoms with Gasteiger partial charge in [0.25, 0.3) is 17.1 Å². The first kappa shape index (κ1) is 26.1. The van der Waals surface area contributed by atoms with Crippen molar-refractivity contribution in [3.05, 3.63) is 107 Å². The summed E-state index contributed by atoms with van der Waals surface area (Å²) in [5.74, 6) is 0.148. The number of carbonyl (C=O) groups is 3. The Labute approximate surface area is 230 Å². The lowest BCUT2D eigenvalue weighted by Crippen LogP contribution is -2.27. The minimum absolute atomic E-state index is 0.198. The number of anilines is 1. The quantitative estimate of drug-likeness (QED) is 0.261. The van der Waals surface area contributed by atoms with E-state index in [2.05, 4.69) is 5.32 Å². The van der Waals surface area contributed by atoms with Gasteiger partial charge >= 0.3 is 0 Å². The van der Waals surface area contributed by atoms with Crippen LogP contribution in [0.4, 0.5) is 10.5 Å². The molecular weight excluding hydrogens is 512 g/mol. The number of amides is 3. The maximum absolute atomic E-state index is 13.1. The number of nitrogens with zero attached hydrogens (tertiary/aromatic N) is 1. The van der Waals surface area contributed by atoms with Gasteiger partial charge in [0.2, 0.25) is 0 Å². The van der Waals surface area contributed by atoms with E-state index < -0.39 is 0 Å². The number of imide groups is 1. The Kier molecular flexibility index (Phi) is 7.65. The molecule has 0 spiro atoms. The predicted octanol–water partition coefficient (Wildman–Crippen LogP) is 6.41. The molecule has 5 rings (SSSR count). The average molecular weight is 539 g/mol. The molecule has 0 aliphatic carbocycles. The van der Waals surface area contributed by atoms with Gasteiger partial charge in [-0.25, -0.2) is 0 Å². The first-order chi connectivity index (χ1) is 18.9. The molecule has 1 aliphatic rings. The summed E-state index contributed by atoms with van der Waals surface area (Å²) in [6, 6.07) is 26.3. The lowest BCUT2D eigenvalue weighted by atomic mass is 10.0. The second kappa shape index (κ2) is 11.4. The molecule has 1 fully saturated rings. The standard InChI is InChI=1S/C31H26N2O5S/c1-20-10-13-24(14-11-20)32-29(34)19-38-26-15-12-21(16-27(26)37-2)17-28-30(35)33(31(36)39-28)18-23-8-5-7-22-6-3-4-9-25(22)23/h3-17H,18-19H2,1-2H3,(H,32,34)/b28-17-. The van der Waals surface area contributed by atoms with Crippen molar-refractivity contribution in [1.29, 1.82) is 0 Å². The number of ether oxygens (including phenoxy) is 2. The van der Waals surface area contributed by atoms with E-state index in [1.807, 2.05) is 73.7 Å². The van der Waals surface area contributed by atoms with Gasteiger partial charge in [0.05, 0.1) is 18.6 Å². The third kappa shape index (κ3) is 5.97. The number of hydrogen-bond acceptors (Lipinski definition) is 6. The average Bonchev–Trinajstić information content (AvgIpc) is 3.20. The summed E-state index contributed by atoms with van der Waals surface area (Å²) in [7, 11) is 1.50. The molecule has 8 heteroatoms. The summed E-state index contributed by atoms with van der Waals surface area (Å²) in [4.78, 5) is 39.8. The third-order valence-corrected chi connectivity index (χ3v) is 7.17. The summed E-state index contributed by atoms with van der Waals surface area (Å²) in [6.45, 7) is 1.98. The fraction of sp³-hybridized carbons (Fsp3) is 0.129. The SMILES string of the molecule is COc1cc(/C=C2\SC(=O)N(Cc3cccc4ccccc34)C2=O)ccc1OCC(=O)Nc1ccc(C)cc1. The number of benzene rings is 4. The van der Waals surface area contributed by atoms with Crippen LogP contribution in [0, 0.1) is 6.92 Å². The van der Waals surface area contributed by atoms with Crippen LogP contribution in [0.2, 0.25) is 0 Å². The Morgan fingerprint density at radius 2 is 1.72 bits per heavy atom. The second-order valence-corrected chi connectivity index (χ2v) is 10.0. The molecule has 0 bridgehead atoms. The highest BCUT2D eigenvalue weighted by molar-refractivity contribution is 8.18. The van der Waals surface area contributed by atoms with E-state index in [0.29, 0.717) is 27.7 Å². The molecule has 4 aromatic rings. The van der Waals surface area contributed by atoms with E-state index in [0.717, 1.165) is 33.7 Å². The van der Waals surface area contributed by atoms with Gasteiger partial charge in [0.15, 0.2) is 18.1 Å². The van der Waals surface area contributed by atoms with Crippen LogP contribution < -0.4 is 14.8 Å². The first-order valence-corrected chi connectivity index (χ1v) is 13.1. The zero-order chi connectivity index (χ0) is 27.4. The van der Waals surface area contributed by atoms with Crippen LogP contribution in [0.5, 0.6) is 11.5 Å². The van der Waals surface area contributed by atoms with E-state index in [1.165, 1.54) is 12.0 Å². The molecule has 1 aliphatic heterocycles. The number of hydrogen-bond donors (Lipinski definition) is 1. The van der Waals surface area contributed by atoms with Crippen LogP contribution in [0.25, 0.3) is 16.8 Å². The van der Waals surface area contributed by atoms with Gasteiger partial charge in [-0.3, -0.25) is 19.3 Å². The van der Waals surface area contributed by atoms with Crippen LogP contribution in [0.1, 0.15) is 16.7 Å². The van der Waals surface area contributed by atoms with E-state index >= 15 is 0 Å². The maximum atomic E-state index is 13.1. The number of rotatable bonds is 8. The smallest absolute Gasteiger partial charge is 0.293 e. The minimum Gasteiger partial charge on any atom is -0.493 e. The zero-order valence-corrected chi connectivity index (χ0v) is 22.3. The molecular formula is C31H26N2O5S. The Morgan fingerprint density at radius 1 is 0.949 bits per heavy atom. The molecule has 0 unspecified atom stereocenters. The summed E-state index contributed by atoms with van der Waals surface area (Å²) in [5.41, 5.74) is 3.36. The number of thioether (sulfide) groups is 1. The predicted molar refractivity (Wildman–Crippen MR) is 154 cm³/mol. The molecule has 7 nitrogen and oxygen atoms in total. The van der Waals surface area contributed by atoms with Crippen LogP contribution in [0.3, 0.4) is 0 Å². The minimum atomic E-state index is -0.343. The molecule has 196 valence electrons. The maximum Gasteiger partial charge on any atom is 0.293 e. The lowest BCUT2D eigenvalue weighted by Gasteiger charge is -2.14. The third-order valence-electron chi connectivity index (χ3n) is 6.26. The number of fused-ring (bicyclic) bond motifs is 1. The van der Waals surface area contributed by atoms with Gasteiger partial charge in [0, 0.05) is 5.69 Å². The van der Waals surface area contributed by atoms with Gasteiger partial charge in [-0.05, 0) is 70.9 Å². The molecule has 0 saturated carbocycles. The molecule has 0 aromatic heterocycles. The number of methoxy groups -OCH3 is 1. The molecule has 39 heavy (non-hydrogen) atoms. The van der Waals surface area contributed by atoms with E-state index in [1.54, 1.807) is 24.3 Å². The largest absolute Gasteiger partial charge is 0.493 e. The van der Waals surface area contributed by atoms with E-state index in [4.69, 9.17) is 9.47 Å². The fourth-order valence-corrected chi connectivity index (χ4v) is 5.10. The van der Waals surface area contributed by atoms with Crippen molar-refractivity contribution in [2.24, 2.45) is 0 Å². The molecule has 1 N–H and O–H groups in total. The highest BCUT2D eigenvalue weighted by Gasteiger charge is 2.35. The van der Waals surface area contributed by atoms with Gasteiger partial charge in [-0.15, -0.1) is 0 Å². The molecule has 1 heterocycles. The van der Waals surface area contributed by atoms with Gasteiger partial charge in [-0.2, -0.15) is 0 Å². The van der Waals surface area contributed by atoms with Crippen LogP contribution in [-0.2, 0) is 16.1 Å². The number of aryl methyl sites for hydroxylation is 1. The molecule has 0 radical (unpaired) electrons. The Hall–Kier alpha value is -4.56. The van der Waals surface area contributed by atoms with Crippen molar-refractivity contribution in [2.75, 3.05) is 19.0 Å². The monoisotopic (exact) mass is 538 g/mol. The van der Waals surface area contributed by atoms with Crippen LogP contribution in [0.15, 0.2) is 89.8 Å². The summed E-state index contributed by atoms with van der Waals surface area (Å²) in [6.07, 6.45) is 1.66. The van der Waals surface area contributed by atoms with Crippen LogP contribution in [-0.4, -0.2) is 35.7 Å². The Balaban J connectivity index is 1.26. The molecule has 4 aromatic carbocycles. The van der Waals surface area contributed by atoms with Crippen LogP contribution >= 0.6 is 11.8 Å². The fourth-order valence-electron chi connectivity index (χ4n) is 4.26. The van der Waals surface area contributed by atoms with Gasteiger partial charge < -0.3 is 14.8 Å². The van der Waals surface area contributed by atoms with Crippen molar-refractivity contribution >= 4 is 51.4 Å². The summed E-state index contributed by atoms with van der Waals surface area (Å²) >= 11 is 0.908. The van der Waals surface area contributed by atoms with Gasteiger partial charge in [0.1, 0.15) is 0 Å². The second-order valence-electron chi connectivity index (χ2n) is 9.02. The van der Waals surface area contributed by atoms with Crippen molar-refractivity contribution in [1.82, 2.24) is 4.90 Å². The molecule has 0 atom stereocenters.